The zero-order valence-electron chi connectivity index (χ0n) is 6.69. The van der Waals surface area contributed by atoms with Gasteiger partial charge >= 0.3 is 0 Å². The number of hydrogen-bond acceptors (Lipinski definition) is 7. The van der Waals surface area contributed by atoms with Crippen molar-refractivity contribution in [2.75, 3.05) is 0 Å². The van der Waals surface area contributed by atoms with Crippen LogP contribution < -0.4 is 5.73 Å². The minimum absolute atomic E-state index is 0.0104. The monoisotopic (exact) mass is 195 g/mol. The number of rotatable bonds is 5. The zero-order valence-corrected chi connectivity index (χ0v) is 6.69. The Bertz CT molecular complexity index is 163. The molecule has 0 spiro atoms. The van der Waals surface area contributed by atoms with Crippen molar-refractivity contribution in [1.29, 1.82) is 0 Å². The van der Waals surface area contributed by atoms with Crippen LogP contribution in [0.25, 0.3) is 0 Å². The van der Waals surface area contributed by atoms with Gasteiger partial charge in [-0.1, -0.05) is 0 Å². The molecule has 0 bridgehead atoms. The van der Waals surface area contributed by atoms with Gasteiger partial charge < -0.3 is 36.1 Å². The van der Waals surface area contributed by atoms with E-state index in [1.54, 1.807) is 0 Å². The summed E-state index contributed by atoms with van der Waals surface area (Å²) in [5, 5.41) is 44.1. The van der Waals surface area contributed by atoms with E-state index in [0.29, 0.717) is 0 Å². The molecule has 78 valence electrons. The molecule has 0 saturated carbocycles. The number of aldehydes is 1. The van der Waals surface area contributed by atoms with Gasteiger partial charge in [-0.15, -0.1) is 0 Å². The van der Waals surface area contributed by atoms with Crippen molar-refractivity contribution in [3.05, 3.63) is 0 Å². The Labute approximate surface area is 74.0 Å². The van der Waals surface area contributed by atoms with Crippen molar-refractivity contribution >= 4 is 6.29 Å². The van der Waals surface area contributed by atoms with Crippen molar-refractivity contribution in [3.63, 3.8) is 0 Å². The molecule has 0 amide bonds. The van der Waals surface area contributed by atoms with Crippen LogP contribution in [0.15, 0.2) is 0 Å². The molecule has 0 rings (SSSR count). The minimum atomic E-state index is -1.89. The molecule has 0 aromatic carbocycles. The number of carbonyl (C=O) groups excluding carboxylic acids is 1. The second kappa shape index (κ2) is 5.22. The van der Waals surface area contributed by atoms with Gasteiger partial charge in [0.05, 0.1) is 0 Å². The molecular weight excluding hydrogens is 182 g/mol. The van der Waals surface area contributed by atoms with Gasteiger partial charge in [0.15, 0.2) is 6.29 Å². The summed E-state index contributed by atoms with van der Waals surface area (Å²) in [6.07, 6.45) is -9.20. The van der Waals surface area contributed by atoms with Gasteiger partial charge in [-0.05, 0) is 0 Å². The first-order valence-corrected chi connectivity index (χ1v) is 3.53. The maximum Gasteiger partial charge on any atom is 0.151 e. The van der Waals surface area contributed by atoms with Crippen LogP contribution in [-0.2, 0) is 4.79 Å². The lowest BCUT2D eigenvalue weighted by Crippen LogP contribution is -2.51. The molecule has 0 radical (unpaired) electrons. The SMILES string of the molecule is NC(O)[C@@H](O)[C@H](O)[C@H](O)[C@@H](O)C=O. The van der Waals surface area contributed by atoms with Crippen LogP contribution in [0.1, 0.15) is 0 Å². The Morgan fingerprint density at radius 1 is 0.923 bits per heavy atom. The fourth-order valence-electron chi connectivity index (χ4n) is 0.687. The van der Waals surface area contributed by atoms with E-state index in [1.165, 1.54) is 0 Å². The van der Waals surface area contributed by atoms with Crippen molar-refractivity contribution in [3.8, 4) is 0 Å². The second-order valence-corrected chi connectivity index (χ2v) is 2.59. The summed E-state index contributed by atoms with van der Waals surface area (Å²) in [7, 11) is 0. The van der Waals surface area contributed by atoms with Crippen LogP contribution >= 0.6 is 0 Å². The van der Waals surface area contributed by atoms with Crippen molar-refractivity contribution in [2.24, 2.45) is 5.73 Å². The lowest BCUT2D eigenvalue weighted by atomic mass is 10.0. The van der Waals surface area contributed by atoms with Crippen molar-refractivity contribution in [1.82, 2.24) is 0 Å². The summed E-state index contributed by atoms with van der Waals surface area (Å²) in [6, 6.07) is 0. The van der Waals surface area contributed by atoms with Gasteiger partial charge in [-0.25, -0.2) is 0 Å². The van der Waals surface area contributed by atoms with E-state index < -0.39 is 30.6 Å². The Balaban J connectivity index is 4.23. The first kappa shape index (κ1) is 12.4. The molecule has 0 aromatic rings. The highest BCUT2D eigenvalue weighted by Gasteiger charge is 2.32. The summed E-state index contributed by atoms with van der Waals surface area (Å²) >= 11 is 0. The summed E-state index contributed by atoms with van der Waals surface area (Å²) < 4.78 is 0. The number of nitrogens with two attached hydrogens (primary N) is 1. The Hall–Kier alpha value is -0.570. The molecule has 7 heteroatoms. The number of hydrogen-bond donors (Lipinski definition) is 6. The first-order valence-electron chi connectivity index (χ1n) is 3.53. The molecule has 0 aliphatic rings. The molecule has 1 unspecified atom stereocenters. The molecule has 13 heavy (non-hydrogen) atoms. The quantitative estimate of drug-likeness (QED) is 0.193. The normalized spacial score (nSPS) is 22.9. The van der Waals surface area contributed by atoms with Gasteiger partial charge in [0.2, 0.25) is 0 Å². The van der Waals surface area contributed by atoms with E-state index in [-0.39, 0.29) is 6.29 Å². The fourth-order valence-corrected chi connectivity index (χ4v) is 0.687. The van der Waals surface area contributed by atoms with Gasteiger partial charge in [-0.3, -0.25) is 0 Å². The Kier molecular flexibility index (Phi) is 4.99. The van der Waals surface area contributed by atoms with E-state index in [9.17, 15) is 4.79 Å². The van der Waals surface area contributed by atoms with Crippen molar-refractivity contribution in [2.45, 2.75) is 30.6 Å². The predicted octanol–water partition coefficient (Wildman–Crippen LogP) is -4.09. The standard InChI is InChI=1S/C6H13NO6/c7-6(13)5(12)4(11)3(10)2(9)1-8/h1-6,9-13H,7H2/t2-,3+,4+,5-,6?/m0/s1. The third-order valence-corrected chi connectivity index (χ3v) is 1.54. The summed E-state index contributed by atoms with van der Waals surface area (Å²) in [5.41, 5.74) is 4.78. The number of aliphatic hydroxyl groups is 5. The molecule has 0 saturated heterocycles. The summed E-state index contributed by atoms with van der Waals surface area (Å²) in [6.45, 7) is 0. The largest absolute Gasteiger partial charge is 0.387 e. The average Bonchev–Trinajstić information content (AvgIpc) is 2.12. The highest BCUT2D eigenvalue weighted by Crippen LogP contribution is 2.05. The topological polar surface area (TPSA) is 144 Å². The number of carbonyl (C=O) groups is 1. The Morgan fingerprint density at radius 2 is 1.38 bits per heavy atom. The Morgan fingerprint density at radius 3 is 1.69 bits per heavy atom. The number of aliphatic hydroxyl groups excluding tert-OH is 5. The van der Waals surface area contributed by atoms with E-state index in [1.807, 2.05) is 0 Å². The van der Waals surface area contributed by atoms with E-state index >= 15 is 0 Å². The smallest absolute Gasteiger partial charge is 0.151 e. The molecule has 0 aliphatic heterocycles. The summed E-state index contributed by atoms with van der Waals surface area (Å²) in [5.74, 6) is 0. The maximum atomic E-state index is 9.95. The maximum absolute atomic E-state index is 9.95. The van der Waals surface area contributed by atoms with Crippen LogP contribution in [0.4, 0.5) is 0 Å². The lowest BCUT2D eigenvalue weighted by Gasteiger charge is -2.25. The van der Waals surface area contributed by atoms with E-state index in [0.717, 1.165) is 0 Å². The first-order chi connectivity index (χ1) is 5.91. The van der Waals surface area contributed by atoms with Crippen LogP contribution in [0.5, 0.6) is 0 Å². The molecule has 0 heterocycles. The van der Waals surface area contributed by atoms with Gasteiger partial charge in [0.1, 0.15) is 30.6 Å². The molecular formula is C6H13NO6. The van der Waals surface area contributed by atoms with Crippen molar-refractivity contribution < 1.29 is 30.3 Å². The fraction of sp³-hybridized carbons (Fsp3) is 0.833. The van der Waals surface area contributed by atoms with Crippen LogP contribution in [0.2, 0.25) is 0 Å². The van der Waals surface area contributed by atoms with E-state index in [4.69, 9.17) is 31.3 Å². The average molecular weight is 195 g/mol. The van der Waals surface area contributed by atoms with Crippen LogP contribution in [-0.4, -0.2) is 62.5 Å². The highest BCUT2D eigenvalue weighted by molar-refractivity contribution is 5.56. The third-order valence-electron chi connectivity index (χ3n) is 1.54. The molecule has 0 aliphatic carbocycles. The minimum Gasteiger partial charge on any atom is -0.387 e. The molecule has 0 aromatic heterocycles. The summed E-state index contributed by atoms with van der Waals surface area (Å²) in [4.78, 5) is 9.95. The molecule has 7 N–H and O–H groups in total. The van der Waals surface area contributed by atoms with Crippen LogP contribution in [0.3, 0.4) is 0 Å². The van der Waals surface area contributed by atoms with Crippen LogP contribution in [0, 0.1) is 0 Å². The van der Waals surface area contributed by atoms with Gasteiger partial charge in [0, 0.05) is 0 Å². The predicted molar refractivity (Wildman–Crippen MR) is 40.3 cm³/mol. The molecule has 5 atom stereocenters. The van der Waals surface area contributed by atoms with Gasteiger partial charge in [0.25, 0.3) is 0 Å². The second-order valence-electron chi connectivity index (χ2n) is 2.59. The van der Waals surface area contributed by atoms with Gasteiger partial charge in [-0.2, -0.15) is 0 Å². The highest BCUT2D eigenvalue weighted by atomic mass is 16.4. The van der Waals surface area contributed by atoms with E-state index in [2.05, 4.69) is 0 Å². The zero-order chi connectivity index (χ0) is 10.6. The molecule has 7 nitrogen and oxygen atoms in total. The molecule has 0 fully saturated rings. The lowest BCUT2D eigenvalue weighted by molar-refractivity contribution is -0.143. The third kappa shape index (κ3) is 3.35.